The molecular weight excluding hydrogens is 457 g/mol. The van der Waals surface area contributed by atoms with Gasteiger partial charge >= 0.3 is 12.1 Å². The van der Waals surface area contributed by atoms with E-state index in [4.69, 9.17) is 21.4 Å². The van der Waals surface area contributed by atoms with Crippen LogP contribution >= 0.6 is 0 Å². The molecule has 0 aliphatic rings. The first-order valence-electron chi connectivity index (χ1n) is 12.0. The van der Waals surface area contributed by atoms with Crippen molar-refractivity contribution in [1.82, 2.24) is 9.80 Å². The number of hydrogen-bond donors (Lipinski definition) is 3. The molecule has 0 amide bonds. The zero-order valence-corrected chi connectivity index (χ0v) is 20.3. The minimum absolute atomic E-state index is 0.759. The van der Waals surface area contributed by atoms with Crippen LogP contribution in [0.25, 0.3) is 0 Å². The third-order valence-electron chi connectivity index (χ3n) is 5.30. The Morgan fingerprint density at radius 3 is 1.29 bits per heavy atom. The second-order valence-electron chi connectivity index (χ2n) is 8.32. The van der Waals surface area contributed by atoms with Gasteiger partial charge in [-0.2, -0.15) is 13.2 Å². The van der Waals surface area contributed by atoms with E-state index >= 15 is 0 Å². The summed E-state index contributed by atoms with van der Waals surface area (Å²) >= 11 is 0. The number of nitrogens with zero attached hydrogens (tertiary/aromatic N) is 2. The number of carboxylic acid groups (broad SMARTS) is 1. The van der Waals surface area contributed by atoms with Crippen LogP contribution in [0.3, 0.4) is 0 Å². The predicted octanol–water partition coefficient (Wildman–Crippen LogP) is 4.10. The Balaban J connectivity index is 0.000000762. The van der Waals surface area contributed by atoms with Crippen LogP contribution in [-0.2, 0) is 17.9 Å². The van der Waals surface area contributed by atoms with Crippen molar-refractivity contribution in [2.75, 3.05) is 39.3 Å². The normalized spacial score (nSPS) is 11.4. The van der Waals surface area contributed by atoms with Gasteiger partial charge < -0.3 is 16.6 Å². The largest absolute Gasteiger partial charge is 0.490 e. The maximum atomic E-state index is 10.6. The molecule has 2 aromatic carbocycles. The first kappa shape index (κ1) is 30.6. The van der Waals surface area contributed by atoms with Gasteiger partial charge in [-0.05, 0) is 76.1 Å². The van der Waals surface area contributed by atoms with E-state index in [9.17, 15) is 13.2 Å². The van der Waals surface area contributed by atoms with Crippen LogP contribution in [0.1, 0.15) is 36.8 Å². The zero-order chi connectivity index (χ0) is 25.9. The van der Waals surface area contributed by atoms with Crippen molar-refractivity contribution in [1.29, 1.82) is 0 Å². The molecule has 0 aliphatic heterocycles. The molecule has 0 saturated heterocycles. The van der Waals surface area contributed by atoms with Gasteiger partial charge in [-0.15, -0.1) is 0 Å². The topological polar surface area (TPSA) is 95.8 Å². The lowest BCUT2D eigenvalue weighted by molar-refractivity contribution is -0.192. The van der Waals surface area contributed by atoms with Gasteiger partial charge in [0.15, 0.2) is 0 Å². The Kier molecular flexibility index (Phi) is 15.6. The maximum absolute atomic E-state index is 10.6. The summed E-state index contributed by atoms with van der Waals surface area (Å²) in [4.78, 5) is 14.0. The number of halogens is 3. The molecule has 0 aromatic heterocycles. The van der Waals surface area contributed by atoms with E-state index in [1.54, 1.807) is 0 Å². The number of carbonyl (C=O) groups is 1. The van der Waals surface area contributed by atoms with E-state index in [1.807, 2.05) is 0 Å². The van der Waals surface area contributed by atoms with Crippen molar-refractivity contribution >= 4 is 5.97 Å². The summed E-state index contributed by atoms with van der Waals surface area (Å²) in [7, 11) is 0. The number of unbranched alkanes of at least 4 members (excludes halogenated alkanes) is 1. The van der Waals surface area contributed by atoms with Crippen LogP contribution in [0, 0.1) is 0 Å². The number of hydrogen-bond acceptors (Lipinski definition) is 5. The second kappa shape index (κ2) is 17.9. The number of nitrogens with two attached hydrogens (primary N) is 2. The van der Waals surface area contributed by atoms with E-state index in [0.717, 1.165) is 65.2 Å². The van der Waals surface area contributed by atoms with Crippen molar-refractivity contribution in [2.45, 2.75) is 44.9 Å². The molecule has 0 saturated carbocycles. The Morgan fingerprint density at radius 2 is 1.00 bits per heavy atom. The number of aliphatic carboxylic acids is 1. The Morgan fingerprint density at radius 1 is 0.686 bits per heavy atom. The Bertz CT molecular complexity index is 737. The zero-order valence-electron chi connectivity index (χ0n) is 20.3. The molecule has 0 bridgehead atoms. The van der Waals surface area contributed by atoms with Crippen LogP contribution < -0.4 is 11.5 Å². The smallest absolute Gasteiger partial charge is 0.475 e. The van der Waals surface area contributed by atoms with Gasteiger partial charge in [0.2, 0.25) is 0 Å². The molecule has 0 radical (unpaired) electrons. The molecule has 0 aliphatic carbocycles. The van der Waals surface area contributed by atoms with Crippen LogP contribution in [0.15, 0.2) is 60.7 Å². The fraction of sp³-hybridized carbons (Fsp3) is 0.500. The average molecular weight is 497 g/mol. The molecule has 196 valence electrons. The SMILES string of the molecule is NCCCN(CCCCN(CCCN)Cc1ccccc1)Cc1ccccc1.O=C(O)C(F)(F)F. The van der Waals surface area contributed by atoms with E-state index in [2.05, 4.69) is 70.5 Å². The highest BCUT2D eigenvalue weighted by molar-refractivity contribution is 5.73. The predicted molar refractivity (Wildman–Crippen MR) is 134 cm³/mol. The Labute approximate surface area is 206 Å². The lowest BCUT2D eigenvalue weighted by Gasteiger charge is -2.25. The molecule has 2 aromatic rings. The Hall–Kier alpha value is -2.46. The van der Waals surface area contributed by atoms with E-state index in [-0.39, 0.29) is 0 Å². The molecule has 5 N–H and O–H groups in total. The summed E-state index contributed by atoms with van der Waals surface area (Å²) in [5, 5.41) is 7.12. The highest BCUT2D eigenvalue weighted by atomic mass is 19.4. The van der Waals surface area contributed by atoms with Gasteiger partial charge in [0.25, 0.3) is 0 Å². The van der Waals surface area contributed by atoms with Crippen LogP contribution in [-0.4, -0.2) is 66.3 Å². The highest BCUT2D eigenvalue weighted by Crippen LogP contribution is 2.13. The van der Waals surface area contributed by atoms with Gasteiger partial charge in [-0.25, -0.2) is 4.79 Å². The quantitative estimate of drug-likeness (QED) is 0.321. The summed E-state index contributed by atoms with van der Waals surface area (Å²) in [6, 6.07) is 21.5. The number of carboxylic acids is 1. The third kappa shape index (κ3) is 15.2. The fourth-order valence-electron chi connectivity index (χ4n) is 3.52. The summed E-state index contributed by atoms with van der Waals surface area (Å²) in [5.41, 5.74) is 14.2. The van der Waals surface area contributed by atoms with Crippen LogP contribution in [0.4, 0.5) is 13.2 Å². The highest BCUT2D eigenvalue weighted by Gasteiger charge is 2.38. The van der Waals surface area contributed by atoms with E-state index in [1.165, 1.54) is 24.0 Å². The number of benzene rings is 2. The van der Waals surface area contributed by atoms with Crippen molar-refractivity contribution in [3.8, 4) is 0 Å². The van der Waals surface area contributed by atoms with Crippen molar-refractivity contribution in [3.63, 3.8) is 0 Å². The molecule has 0 heterocycles. The van der Waals surface area contributed by atoms with Crippen LogP contribution in [0.5, 0.6) is 0 Å². The standard InChI is InChI=1S/C24H38N4.C2HF3O2/c25-15-9-19-27(21-23-11-3-1-4-12-23)17-7-8-18-28(20-10-16-26)22-24-13-5-2-6-14-24;3-2(4,5)1(6)7/h1-6,11-14H,7-10,15-22,25-26H2;(H,6,7). The molecule has 0 unspecified atom stereocenters. The van der Waals surface area contributed by atoms with Crippen LogP contribution in [0.2, 0.25) is 0 Å². The molecular formula is C26H39F3N4O2. The first-order valence-corrected chi connectivity index (χ1v) is 12.0. The average Bonchev–Trinajstić information content (AvgIpc) is 2.84. The fourth-order valence-corrected chi connectivity index (χ4v) is 3.52. The minimum atomic E-state index is -5.08. The van der Waals surface area contributed by atoms with Gasteiger partial charge in [-0.1, -0.05) is 60.7 Å². The summed E-state index contributed by atoms with van der Waals surface area (Å²) < 4.78 is 31.7. The van der Waals surface area contributed by atoms with Crippen molar-refractivity contribution in [2.24, 2.45) is 11.5 Å². The second-order valence-corrected chi connectivity index (χ2v) is 8.32. The lowest BCUT2D eigenvalue weighted by atomic mass is 10.1. The summed E-state index contributed by atoms with van der Waals surface area (Å²) in [5.74, 6) is -2.76. The van der Waals surface area contributed by atoms with E-state index in [0.29, 0.717) is 0 Å². The number of rotatable bonds is 15. The summed E-state index contributed by atoms with van der Waals surface area (Å²) in [6.45, 7) is 7.96. The molecule has 2 rings (SSSR count). The van der Waals surface area contributed by atoms with Gasteiger partial charge in [0, 0.05) is 13.1 Å². The molecule has 0 atom stereocenters. The molecule has 6 nitrogen and oxygen atoms in total. The van der Waals surface area contributed by atoms with Crippen molar-refractivity contribution in [3.05, 3.63) is 71.8 Å². The molecule has 0 spiro atoms. The number of alkyl halides is 3. The summed E-state index contributed by atoms with van der Waals surface area (Å²) in [6.07, 6.45) is -0.538. The van der Waals surface area contributed by atoms with Gasteiger partial charge in [0.05, 0.1) is 0 Å². The van der Waals surface area contributed by atoms with E-state index < -0.39 is 12.1 Å². The molecule has 9 heteroatoms. The first-order chi connectivity index (χ1) is 16.8. The van der Waals surface area contributed by atoms with Gasteiger partial charge in [-0.3, -0.25) is 9.80 Å². The monoisotopic (exact) mass is 496 g/mol. The minimum Gasteiger partial charge on any atom is -0.475 e. The molecule has 35 heavy (non-hydrogen) atoms. The van der Waals surface area contributed by atoms with Crippen molar-refractivity contribution < 1.29 is 23.1 Å². The third-order valence-corrected chi connectivity index (χ3v) is 5.30. The lowest BCUT2D eigenvalue weighted by Crippen LogP contribution is -2.29. The van der Waals surface area contributed by atoms with Gasteiger partial charge in [0.1, 0.15) is 0 Å². The molecule has 0 fully saturated rings. The maximum Gasteiger partial charge on any atom is 0.490 e.